The topological polar surface area (TPSA) is 54.0 Å². The van der Waals surface area contributed by atoms with Crippen molar-refractivity contribution in [2.75, 3.05) is 18.4 Å². The molecule has 0 saturated carbocycles. The number of hydrogen-bond acceptors (Lipinski definition) is 3. The summed E-state index contributed by atoms with van der Waals surface area (Å²) < 4.78 is 13.2. The molecule has 0 saturated heterocycles. The Hall–Kier alpha value is -1.65. The Morgan fingerprint density at radius 2 is 2.05 bits per heavy atom. The molecule has 2 N–H and O–H groups in total. The molecule has 1 aromatic heterocycles. The number of amides is 1. The van der Waals surface area contributed by atoms with E-state index >= 15 is 0 Å². The molecule has 0 aliphatic rings. The van der Waals surface area contributed by atoms with Gasteiger partial charge in [0.25, 0.3) is 5.91 Å². The lowest BCUT2D eigenvalue weighted by Gasteiger charge is -2.14. The van der Waals surface area contributed by atoms with Crippen LogP contribution in [0.25, 0.3) is 0 Å². The van der Waals surface area contributed by atoms with E-state index in [1.165, 1.54) is 6.07 Å². The number of aromatic nitrogens is 1. The van der Waals surface area contributed by atoms with Crippen molar-refractivity contribution < 1.29 is 9.18 Å². The predicted molar refractivity (Wildman–Crippen MR) is 74.8 cm³/mol. The summed E-state index contributed by atoms with van der Waals surface area (Å²) in [6.45, 7) is 7.32. The lowest BCUT2D eigenvalue weighted by Crippen LogP contribution is -2.29. The van der Waals surface area contributed by atoms with Crippen LogP contribution in [0.5, 0.6) is 0 Å². The molecule has 0 atom stereocenters. The van der Waals surface area contributed by atoms with Gasteiger partial charge in [-0.25, -0.2) is 9.37 Å². The lowest BCUT2D eigenvalue weighted by molar-refractivity contribution is 0.0946. The highest BCUT2D eigenvalue weighted by atomic mass is 19.1. The number of pyridine rings is 1. The molecule has 0 fully saturated rings. The SMILES string of the molecule is CCNc1ncc(F)cc1C(=O)NCC(CC)CC. The molecule has 0 radical (unpaired) electrons. The first-order valence-corrected chi connectivity index (χ1v) is 6.79. The molecule has 1 aromatic rings. The van der Waals surface area contributed by atoms with E-state index in [-0.39, 0.29) is 11.5 Å². The van der Waals surface area contributed by atoms with Gasteiger partial charge in [-0.2, -0.15) is 0 Å². The van der Waals surface area contributed by atoms with E-state index in [2.05, 4.69) is 29.5 Å². The Labute approximate surface area is 113 Å². The molecule has 106 valence electrons. The maximum absolute atomic E-state index is 13.2. The lowest BCUT2D eigenvalue weighted by atomic mass is 10.0. The van der Waals surface area contributed by atoms with Gasteiger partial charge in [0, 0.05) is 13.1 Å². The first-order valence-electron chi connectivity index (χ1n) is 6.79. The second-order valence-electron chi connectivity index (χ2n) is 4.47. The number of rotatable bonds is 7. The number of anilines is 1. The van der Waals surface area contributed by atoms with Crippen molar-refractivity contribution >= 4 is 11.7 Å². The van der Waals surface area contributed by atoms with Crippen molar-refractivity contribution in [1.82, 2.24) is 10.3 Å². The fourth-order valence-corrected chi connectivity index (χ4v) is 1.83. The van der Waals surface area contributed by atoms with Gasteiger partial charge in [-0.05, 0) is 18.9 Å². The highest BCUT2D eigenvalue weighted by Gasteiger charge is 2.14. The van der Waals surface area contributed by atoms with E-state index in [0.717, 1.165) is 19.0 Å². The van der Waals surface area contributed by atoms with Gasteiger partial charge in [-0.3, -0.25) is 4.79 Å². The van der Waals surface area contributed by atoms with Crippen LogP contribution < -0.4 is 10.6 Å². The zero-order chi connectivity index (χ0) is 14.3. The minimum absolute atomic E-state index is 0.257. The quantitative estimate of drug-likeness (QED) is 0.798. The number of carbonyl (C=O) groups is 1. The average molecular weight is 267 g/mol. The summed E-state index contributed by atoms with van der Waals surface area (Å²) in [5, 5.41) is 5.80. The molecule has 5 heteroatoms. The number of nitrogens with zero attached hydrogens (tertiary/aromatic N) is 1. The van der Waals surface area contributed by atoms with Gasteiger partial charge in [0.15, 0.2) is 0 Å². The fraction of sp³-hybridized carbons (Fsp3) is 0.571. The average Bonchev–Trinajstić information content (AvgIpc) is 2.42. The molecule has 1 heterocycles. The van der Waals surface area contributed by atoms with Crippen LogP contribution in [-0.2, 0) is 0 Å². The van der Waals surface area contributed by atoms with Gasteiger partial charge in [-0.1, -0.05) is 26.7 Å². The van der Waals surface area contributed by atoms with E-state index in [4.69, 9.17) is 0 Å². The molecule has 1 amide bonds. The summed E-state index contributed by atoms with van der Waals surface area (Å²) in [6.07, 6.45) is 3.13. The summed E-state index contributed by atoms with van der Waals surface area (Å²) in [5.74, 6) is 0.0863. The standard InChI is InChI=1S/C14H22FN3O/c1-4-10(5-2)8-18-14(19)12-7-11(15)9-17-13(12)16-6-3/h7,9-10H,4-6,8H2,1-3H3,(H,16,17)(H,18,19). The minimum Gasteiger partial charge on any atom is -0.370 e. The Morgan fingerprint density at radius 3 is 2.63 bits per heavy atom. The van der Waals surface area contributed by atoms with Crippen LogP contribution in [-0.4, -0.2) is 24.0 Å². The monoisotopic (exact) mass is 267 g/mol. The molecule has 1 rings (SSSR count). The van der Waals surface area contributed by atoms with Crippen LogP contribution >= 0.6 is 0 Å². The Balaban J connectivity index is 2.77. The zero-order valence-electron chi connectivity index (χ0n) is 11.8. The van der Waals surface area contributed by atoms with Crippen molar-refractivity contribution in [2.24, 2.45) is 5.92 Å². The molecule has 0 unspecified atom stereocenters. The third-order valence-electron chi connectivity index (χ3n) is 3.15. The Bertz CT molecular complexity index is 419. The number of nitrogens with one attached hydrogen (secondary N) is 2. The summed E-state index contributed by atoms with van der Waals surface area (Å²) in [5.41, 5.74) is 0.257. The number of halogens is 1. The largest absolute Gasteiger partial charge is 0.370 e. The maximum Gasteiger partial charge on any atom is 0.255 e. The molecule has 19 heavy (non-hydrogen) atoms. The van der Waals surface area contributed by atoms with Crippen LogP contribution in [0.1, 0.15) is 44.0 Å². The molecular weight excluding hydrogens is 245 g/mol. The molecule has 0 aromatic carbocycles. The molecule has 4 nitrogen and oxygen atoms in total. The van der Waals surface area contributed by atoms with Gasteiger partial charge < -0.3 is 10.6 Å². The fourth-order valence-electron chi connectivity index (χ4n) is 1.83. The van der Waals surface area contributed by atoms with Crippen LogP contribution in [0.2, 0.25) is 0 Å². The van der Waals surface area contributed by atoms with E-state index in [9.17, 15) is 9.18 Å². The van der Waals surface area contributed by atoms with Crippen molar-refractivity contribution in [1.29, 1.82) is 0 Å². The van der Waals surface area contributed by atoms with Crippen molar-refractivity contribution in [3.63, 3.8) is 0 Å². The molecule has 0 aliphatic carbocycles. The smallest absolute Gasteiger partial charge is 0.255 e. The van der Waals surface area contributed by atoms with Gasteiger partial charge in [0.2, 0.25) is 0 Å². The number of hydrogen-bond donors (Lipinski definition) is 2. The Kier molecular flexibility index (Phi) is 6.25. The first-order chi connectivity index (χ1) is 9.12. The minimum atomic E-state index is -0.505. The normalized spacial score (nSPS) is 10.6. The second kappa shape index (κ2) is 7.71. The van der Waals surface area contributed by atoms with Gasteiger partial charge >= 0.3 is 0 Å². The summed E-state index contributed by atoms with van der Waals surface area (Å²) >= 11 is 0. The Morgan fingerprint density at radius 1 is 1.37 bits per heavy atom. The molecule has 0 aliphatic heterocycles. The van der Waals surface area contributed by atoms with E-state index < -0.39 is 5.82 Å². The van der Waals surface area contributed by atoms with Gasteiger partial charge in [0.1, 0.15) is 11.6 Å². The molecule has 0 spiro atoms. The van der Waals surface area contributed by atoms with Crippen molar-refractivity contribution in [3.8, 4) is 0 Å². The van der Waals surface area contributed by atoms with Crippen molar-refractivity contribution in [2.45, 2.75) is 33.6 Å². The summed E-state index contributed by atoms with van der Waals surface area (Å²) in [4.78, 5) is 16.0. The van der Waals surface area contributed by atoms with E-state index in [0.29, 0.717) is 24.8 Å². The van der Waals surface area contributed by atoms with Gasteiger partial charge in [-0.15, -0.1) is 0 Å². The van der Waals surface area contributed by atoms with E-state index in [1.54, 1.807) is 0 Å². The second-order valence-corrected chi connectivity index (χ2v) is 4.47. The summed E-state index contributed by atoms with van der Waals surface area (Å²) in [7, 11) is 0. The van der Waals surface area contributed by atoms with Crippen LogP contribution in [0.3, 0.4) is 0 Å². The predicted octanol–water partition coefficient (Wildman–Crippen LogP) is 2.82. The van der Waals surface area contributed by atoms with Crippen LogP contribution in [0, 0.1) is 11.7 Å². The number of carbonyl (C=O) groups excluding carboxylic acids is 1. The van der Waals surface area contributed by atoms with Gasteiger partial charge in [0.05, 0.1) is 11.8 Å². The van der Waals surface area contributed by atoms with E-state index in [1.807, 2.05) is 6.92 Å². The van der Waals surface area contributed by atoms with Crippen molar-refractivity contribution in [3.05, 3.63) is 23.6 Å². The third kappa shape index (κ3) is 4.50. The molecular formula is C14H22FN3O. The highest BCUT2D eigenvalue weighted by molar-refractivity contribution is 5.98. The maximum atomic E-state index is 13.2. The molecule has 0 bridgehead atoms. The summed E-state index contributed by atoms with van der Waals surface area (Å²) in [6, 6.07) is 1.22. The van der Waals surface area contributed by atoms with Crippen LogP contribution in [0.15, 0.2) is 12.3 Å². The highest BCUT2D eigenvalue weighted by Crippen LogP contribution is 2.14. The van der Waals surface area contributed by atoms with Crippen LogP contribution in [0.4, 0.5) is 10.2 Å². The first kappa shape index (κ1) is 15.4. The zero-order valence-corrected chi connectivity index (χ0v) is 11.8. The third-order valence-corrected chi connectivity index (χ3v) is 3.15.